The van der Waals surface area contributed by atoms with Crippen molar-refractivity contribution < 1.29 is 0 Å². The minimum Gasteiger partial charge on any atom is -0.354 e. The Morgan fingerprint density at radius 3 is 2.65 bits per heavy atom. The van der Waals surface area contributed by atoms with Gasteiger partial charge in [-0.1, -0.05) is 13.8 Å². The molecule has 0 aliphatic carbocycles. The van der Waals surface area contributed by atoms with E-state index in [9.17, 15) is 0 Å². The topological polar surface area (TPSA) is 49.3 Å². The molecule has 17 heavy (non-hydrogen) atoms. The number of thiazole rings is 1. The molecule has 0 amide bonds. The van der Waals surface area contributed by atoms with Crippen molar-refractivity contribution in [1.29, 1.82) is 0 Å². The second-order valence-electron chi connectivity index (χ2n) is 4.45. The predicted molar refractivity (Wildman–Crippen MR) is 74.5 cm³/mol. The van der Waals surface area contributed by atoms with Crippen molar-refractivity contribution in [2.24, 2.45) is 10.9 Å². The van der Waals surface area contributed by atoms with Crippen molar-refractivity contribution in [3.8, 4) is 0 Å². The number of aryl methyl sites for hydroxylation is 1. The molecule has 0 fully saturated rings. The number of nitrogens with one attached hydrogen (secondary N) is 2. The Bertz CT molecular complexity index is 370. The third-order valence-corrected chi connectivity index (χ3v) is 3.60. The molecule has 0 spiro atoms. The number of rotatable bonds is 4. The Kier molecular flexibility index (Phi) is 5.41. The van der Waals surface area contributed by atoms with Crippen molar-refractivity contribution >= 4 is 17.3 Å². The Labute approximate surface area is 108 Å². The number of aromatic nitrogens is 1. The summed E-state index contributed by atoms with van der Waals surface area (Å²) in [4.78, 5) is 9.66. The van der Waals surface area contributed by atoms with Crippen LogP contribution in [-0.4, -0.2) is 24.0 Å². The summed E-state index contributed by atoms with van der Waals surface area (Å²) >= 11 is 1.71. The van der Waals surface area contributed by atoms with Crippen molar-refractivity contribution in [2.75, 3.05) is 7.05 Å². The Hall–Kier alpha value is -1.10. The third kappa shape index (κ3) is 4.73. The van der Waals surface area contributed by atoms with Gasteiger partial charge in [-0.2, -0.15) is 0 Å². The zero-order valence-corrected chi connectivity index (χ0v) is 12.1. The normalized spacial score (nSPS) is 13.9. The second-order valence-corrected chi connectivity index (χ2v) is 5.77. The fourth-order valence-electron chi connectivity index (χ4n) is 1.23. The first-order valence-electron chi connectivity index (χ1n) is 5.91. The predicted octanol–water partition coefficient (Wildman–Crippen LogP) is 2.16. The number of hydrogen-bond donors (Lipinski definition) is 2. The van der Waals surface area contributed by atoms with Gasteiger partial charge in [-0.15, -0.1) is 11.3 Å². The van der Waals surface area contributed by atoms with Gasteiger partial charge in [-0.3, -0.25) is 4.99 Å². The second kappa shape index (κ2) is 6.59. The summed E-state index contributed by atoms with van der Waals surface area (Å²) < 4.78 is 0. The lowest BCUT2D eigenvalue weighted by Crippen LogP contribution is -2.43. The fourth-order valence-corrected chi connectivity index (χ4v) is 1.97. The maximum atomic E-state index is 4.23. The molecular weight excluding hydrogens is 232 g/mol. The van der Waals surface area contributed by atoms with Crippen molar-refractivity contribution in [3.05, 3.63) is 16.1 Å². The van der Waals surface area contributed by atoms with E-state index < -0.39 is 0 Å². The zero-order valence-electron chi connectivity index (χ0n) is 11.2. The summed E-state index contributed by atoms with van der Waals surface area (Å²) in [6.07, 6.45) is 1.91. The molecule has 2 N–H and O–H groups in total. The van der Waals surface area contributed by atoms with Crippen LogP contribution < -0.4 is 10.6 Å². The lowest BCUT2D eigenvalue weighted by molar-refractivity contribution is 0.481. The average Bonchev–Trinajstić information content (AvgIpc) is 2.69. The SMILES string of the molecule is CN=C(NCc1cnc(C)s1)NC(C)C(C)C. The molecule has 1 aromatic rings. The lowest BCUT2D eigenvalue weighted by atomic mass is 10.1. The van der Waals surface area contributed by atoms with Crippen LogP contribution in [0.1, 0.15) is 30.7 Å². The minimum absolute atomic E-state index is 0.407. The zero-order chi connectivity index (χ0) is 12.8. The molecule has 4 nitrogen and oxygen atoms in total. The molecule has 0 saturated carbocycles. The summed E-state index contributed by atoms with van der Waals surface area (Å²) in [5.74, 6) is 1.43. The van der Waals surface area contributed by atoms with Gasteiger partial charge in [0.25, 0.3) is 0 Å². The van der Waals surface area contributed by atoms with Crippen LogP contribution in [0, 0.1) is 12.8 Å². The molecular formula is C12H22N4S. The van der Waals surface area contributed by atoms with Gasteiger partial charge in [-0.05, 0) is 19.8 Å². The average molecular weight is 254 g/mol. The monoisotopic (exact) mass is 254 g/mol. The molecule has 1 atom stereocenters. The molecule has 1 heterocycles. The molecule has 96 valence electrons. The van der Waals surface area contributed by atoms with Crippen molar-refractivity contribution in [2.45, 2.75) is 40.3 Å². The van der Waals surface area contributed by atoms with Gasteiger partial charge in [0.1, 0.15) is 0 Å². The van der Waals surface area contributed by atoms with E-state index in [1.807, 2.05) is 13.1 Å². The highest BCUT2D eigenvalue weighted by Gasteiger charge is 2.08. The summed E-state index contributed by atoms with van der Waals surface area (Å²) in [7, 11) is 1.79. The largest absolute Gasteiger partial charge is 0.354 e. The van der Waals surface area contributed by atoms with Crippen molar-refractivity contribution in [3.63, 3.8) is 0 Å². The van der Waals surface area contributed by atoms with E-state index >= 15 is 0 Å². The van der Waals surface area contributed by atoms with E-state index in [-0.39, 0.29) is 0 Å². The third-order valence-electron chi connectivity index (χ3n) is 2.69. The van der Waals surface area contributed by atoms with Gasteiger partial charge in [0.05, 0.1) is 11.6 Å². The molecule has 0 aromatic carbocycles. The minimum atomic E-state index is 0.407. The van der Waals surface area contributed by atoms with Crippen LogP contribution in [0.2, 0.25) is 0 Å². The van der Waals surface area contributed by atoms with Gasteiger partial charge < -0.3 is 10.6 Å². The first kappa shape index (κ1) is 14.0. The van der Waals surface area contributed by atoms with Gasteiger partial charge in [-0.25, -0.2) is 4.98 Å². The molecule has 0 aliphatic heterocycles. The molecule has 1 rings (SSSR count). The smallest absolute Gasteiger partial charge is 0.191 e. The van der Waals surface area contributed by atoms with Crippen LogP contribution in [0.4, 0.5) is 0 Å². The first-order valence-corrected chi connectivity index (χ1v) is 6.73. The quantitative estimate of drug-likeness (QED) is 0.639. The Balaban J connectivity index is 2.43. The van der Waals surface area contributed by atoms with Crippen molar-refractivity contribution in [1.82, 2.24) is 15.6 Å². The Morgan fingerprint density at radius 2 is 2.18 bits per heavy atom. The maximum Gasteiger partial charge on any atom is 0.191 e. The van der Waals surface area contributed by atoms with E-state index in [0.29, 0.717) is 12.0 Å². The molecule has 5 heteroatoms. The van der Waals surface area contributed by atoms with E-state index in [1.54, 1.807) is 18.4 Å². The standard InChI is InChI=1S/C12H22N4S/c1-8(2)9(3)16-12(13-5)15-7-11-6-14-10(4)17-11/h6,8-9H,7H2,1-5H3,(H2,13,15,16). The van der Waals surface area contributed by atoms with Crippen LogP contribution >= 0.6 is 11.3 Å². The number of aliphatic imine (C=N–C) groups is 1. The summed E-state index contributed by atoms with van der Waals surface area (Å²) in [5.41, 5.74) is 0. The van der Waals surface area contributed by atoms with Crippen LogP contribution in [-0.2, 0) is 6.54 Å². The van der Waals surface area contributed by atoms with Gasteiger partial charge >= 0.3 is 0 Å². The van der Waals surface area contributed by atoms with Gasteiger partial charge in [0.15, 0.2) is 5.96 Å². The van der Waals surface area contributed by atoms with E-state index in [2.05, 4.69) is 41.4 Å². The summed E-state index contributed by atoms with van der Waals surface area (Å²) in [6.45, 7) is 9.33. The van der Waals surface area contributed by atoms with Gasteiger partial charge in [0.2, 0.25) is 0 Å². The highest BCUT2D eigenvalue weighted by molar-refractivity contribution is 7.11. The summed E-state index contributed by atoms with van der Waals surface area (Å²) in [6, 6.07) is 0.407. The highest BCUT2D eigenvalue weighted by Crippen LogP contribution is 2.10. The fraction of sp³-hybridized carbons (Fsp3) is 0.667. The van der Waals surface area contributed by atoms with E-state index in [1.165, 1.54) is 4.88 Å². The summed E-state index contributed by atoms with van der Waals surface area (Å²) in [5, 5.41) is 7.76. The highest BCUT2D eigenvalue weighted by atomic mass is 32.1. The van der Waals surface area contributed by atoms with E-state index in [4.69, 9.17) is 0 Å². The number of hydrogen-bond acceptors (Lipinski definition) is 3. The number of nitrogens with zero attached hydrogens (tertiary/aromatic N) is 2. The molecule has 1 unspecified atom stereocenters. The van der Waals surface area contributed by atoms with Crippen LogP contribution in [0.25, 0.3) is 0 Å². The molecule has 1 aromatic heterocycles. The van der Waals surface area contributed by atoms with Crippen LogP contribution in [0.3, 0.4) is 0 Å². The van der Waals surface area contributed by atoms with Crippen LogP contribution in [0.15, 0.2) is 11.2 Å². The maximum absolute atomic E-state index is 4.23. The molecule has 0 bridgehead atoms. The van der Waals surface area contributed by atoms with Crippen LogP contribution in [0.5, 0.6) is 0 Å². The first-order chi connectivity index (χ1) is 8.02. The number of guanidine groups is 1. The van der Waals surface area contributed by atoms with E-state index in [0.717, 1.165) is 17.5 Å². The Morgan fingerprint density at radius 1 is 1.47 bits per heavy atom. The molecule has 0 radical (unpaired) electrons. The molecule has 0 saturated heterocycles. The van der Waals surface area contributed by atoms with Gasteiger partial charge in [0, 0.05) is 24.2 Å². The molecule has 0 aliphatic rings. The lowest BCUT2D eigenvalue weighted by Gasteiger charge is -2.20.